The lowest BCUT2D eigenvalue weighted by Gasteiger charge is -2.31. The highest BCUT2D eigenvalue weighted by molar-refractivity contribution is 6.35. The molecule has 38 heavy (non-hydrogen) atoms. The van der Waals surface area contributed by atoms with Crippen molar-refractivity contribution in [2.75, 3.05) is 10.6 Å². The Morgan fingerprint density at radius 2 is 1.92 bits per heavy atom. The molecule has 7 nitrogen and oxygen atoms in total. The number of nitrogens with one attached hydrogen (secondary N) is 2. The predicted octanol–water partition coefficient (Wildman–Crippen LogP) is 7.02. The third kappa shape index (κ3) is 4.91. The summed E-state index contributed by atoms with van der Waals surface area (Å²) in [7, 11) is 0. The van der Waals surface area contributed by atoms with Crippen LogP contribution in [0.25, 0.3) is 10.9 Å². The fourth-order valence-corrected chi connectivity index (χ4v) is 5.66. The van der Waals surface area contributed by atoms with E-state index in [9.17, 15) is 9.65 Å². The minimum atomic E-state index is -0.376. The summed E-state index contributed by atoms with van der Waals surface area (Å²) in [4.78, 5) is 4.51. The van der Waals surface area contributed by atoms with Crippen LogP contribution in [0, 0.1) is 23.1 Å². The molecule has 2 saturated carbocycles. The number of nitriles is 1. The van der Waals surface area contributed by atoms with E-state index in [4.69, 9.17) is 11.6 Å². The number of rotatable bonds is 7. The number of nitrogens with zero attached hydrogens (tertiary/aromatic N) is 5. The second-order valence-corrected chi connectivity index (χ2v) is 10.9. The van der Waals surface area contributed by atoms with E-state index in [-0.39, 0.29) is 17.9 Å². The standard InChI is InChI=1S/C29H29ClFN7/c1-17-4-2-3-5-25(17)35-27-19(14-32)15-33-29-23(27)12-21(13-24(29)30)34-28(18-6-8-20(31)9-7-18)26-16-38(37-36-26)22-10-11-22/h6-9,12-13,15-17,22,25,28,34H,2-5,10-11H2,1H3,(H,33,35)/t17?,25?,28-/m0/s1. The van der Waals surface area contributed by atoms with Gasteiger partial charge in [0.2, 0.25) is 0 Å². The van der Waals surface area contributed by atoms with Crippen LogP contribution in [-0.2, 0) is 0 Å². The zero-order valence-electron chi connectivity index (χ0n) is 21.2. The number of halogens is 2. The van der Waals surface area contributed by atoms with Crippen LogP contribution in [0.5, 0.6) is 0 Å². The van der Waals surface area contributed by atoms with E-state index in [1.807, 2.05) is 23.0 Å². The van der Waals surface area contributed by atoms with E-state index < -0.39 is 0 Å². The maximum absolute atomic E-state index is 13.8. The predicted molar refractivity (Wildman–Crippen MR) is 147 cm³/mol. The van der Waals surface area contributed by atoms with Gasteiger partial charge in [-0.15, -0.1) is 5.10 Å². The third-order valence-corrected chi connectivity index (χ3v) is 8.03. The summed E-state index contributed by atoms with van der Waals surface area (Å²) in [6, 6.07) is 12.8. The molecule has 0 aliphatic heterocycles. The topological polar surface area (TPSA) is 91.5 Å². The smallest absolute Gasteiger partial charge is 0.123 e. The molecule has 9 heteroatoms. The SMILES string of the molecule is CC1CCCCC1Nc1c(C#N)cnc2c(Cl)cc(N[C@@H](c3ccc(F)cc3)c3cn(C4CC4)nn3)cc12. The average molecular weight is 530 g/mol. The molecule has 2 aromatic carbocycles. The van der Waals surface area contributed by atoms with Crippen molar-refractivity contribution in [3.63, 3.8) is 0 Å². The maximum Gasteiger partial charge on any atom is 0.123 e. The molecular formula is C29H29ClFN7. The van der Waals surface area contributed by atoms with E-state index in [1.54, 1.807) is 18.3 Å². The second kappa shape index (κ2) is 10.2. The summed E-state index contributed by atoms with van der Waals surface area (Å²) >= 11 is 6.76. The van der Waals surface area contributed by atoms with Crippen LogP contribution in [0.3, 0.4) is 0 Å². The number of pyridine rings is 1. The molecule has 0 saturated heterocycles. The van der Waals surface area contributed by atoms with Gasteiger partial charge >= 0.3 is 0 Å². The number of hydrogen-bond donors (Lipinski definition) is 2. The van der Waals surface area contributed by atoms with Crippen molar-refractivity contribution in [1.82, 2.24) is 20.0 Å². The molecule has 3 atom stereocenters. The van der Waals surface area contributed by atoms with Crippen LogP contribution in [0.15, 0.2) is 48.8 Å². The quantitative estimate of drug-likeness (QED) is 0.267. The minimum Gasteiger partial charge on any atom is -0.380 e. The van der Waals surface area contributed by atoms with Crippen molar-refractivity contribution >= 4 is 33.9 Å². The van der Waals surface area contributed by atoms with Crippen molar-refractivity contribution in [2.24, 2.45) is 5.92 Å². The van der Waals surface area contributed by atoms with Gasteiger partial charge in [-0.05, 0) is 61.4 Å². The molecule has 2 aromatic heterocycles. The highest BCUT2D eigenvalue weighted by atomic mass is 35.5. The van der Waals surface area contributed by atoms with Gasteiger partial charge in [-0.3, -0.25) is 4.98 Å². The molecule has 4 aromatic rings. The molecule has 194 valence electrons. The Morgan fingerprint density at radius 3 is 2.66 bits per heavy atom. The molecule has 0 bridgehead atoms. The number of benzene rings is 2. The molecule has 0 spiro atoms. The first-order valence-electron chi connectivity index (χ1n) is 13.2. The van der Waals surface area contributed by atoms with Crippen molar-refractivity contribution in [3.05, 3.63) is 76.5 Å². The number of hydrogen-bond acceptors (Lipinski definition) is 6. The Hall–Kier alpha value is -3.70. The molecule has 2 heterocycles. The van der Waals surface area contributed by atoms with Crippen LogP contribution >= 0.6 is 11.6 Å². The fourth-order valence-electron chi connectivity index (χ4n) is 5.39. The van der Waals surface area contributed by atoms with Crippen molar-refractivity contribution < 1.29 is 4.39 Å². The molecule has 2 unspecified atom stereocenters. The third-order valence-electron chi connectivity index (χ3n) is 7.75. The molecule has 2 fully saturated rings. The summed E-state index contributed by atoms with van der Waals surface area (Å²) in [5.74, 6) is 0.206. The molecule has 2 aliphatic rings. The lowest BCUT2D eigenvalue weighted by Crippen LogP contribution is -2.30. The number of fused-ring (bicyclic) bond motifs is 1. The largest absolute Gasteiger partial charge is 0.380 e. The first kappa shape index (κ1) is 24.6. The lowest BCUT2D eigenvalue weighted by molar-refractivity contribution is 0.349. The van der Waals surface area contributed by atoms with E-state index >= 15 is 0 Å². The molecule has 6 rings (SSSR count). The van der Waals surface area contributed by atoms with Crippen LogP contribution < -0.4 is 10.6 Å². The summed E-state index contributed by atoms with van der Waals surface area (Å²) in [6.07, 6.45) is 10.4. The summed E-state index contributed by atoms with van der Waals surface area (Å²) < 4.78 is 15.7. The Bertz CT molecular complexity index is 1510. The van der Waals surface area contributed by atoms with Crippen molar-refractivity contribution in [1.29, 1.82) is 5.26 Å². The minimum absolute atomic E-state index is 0.279. The highest BCUT2D eigenvalue weighted by Crippen LogP contribution is 2.38. The van der Waals surface area contributed by atoms with Crippen LogP contribution in [0.2, 0.25) is 5.02 Å². The van der Waals surface area contributed by atoms with Gasteiger partial charge in [0.05, 0.1) is 40.1 Å². The van der Waals surface area contributed by atoms with Crippen LogP contribution in [-0.4, -0.2) is 26.0 Å². The molecule has 0 radical (unpaired) electrons. The normalized spacial score (nSPS) is 20.2. The maximum atomic E-state index is 13.8. The highest BCUT2D eigenvalue weighted by Gasteiger charge is 2.28. The Morgan fingerprint density at radius 1 is 1.13 bits per heavy atom. The van der Waals surface area contributed by atoms with E-state index in [0.29, 0.717) is 28.1 Å². The van der Waals surface area contributed by atoms with Gasteiger partial charge in [-0.1, -0.05) is 48.7 Å². The molecule has 2 aliphatic carbocycles. The summed E-state index contributed by atoms with van der Waals surface area (Å²) in [6.45, 7) is 2.26. The number of aromatic nitrogens is 4. The zero-order valence-corrected chi connectivity index (χ0v) is 21.9. The molecular weight excluding hydrogens is 501 g/mol. The van der Waals surface area contributed by atoms with Crippen molar-refractivity contribution in [3.8, 4) is 6.07 Å². The first-order chi connectivity index (χ1) is 18.5. The van der Waals surface area contributed by atoms with Crippen LogP contribution in [0.4, 0.5) is 15.8 Å². The van der Waals surface area contributed by atoms with Gasteiger partial charge < -0.3 is 10.6 Å². The zero-order chi connectivity index (χ0) is 26.2. The van der Waals surface area contributed by atoms with Gasteiger partial charge in [-0.25, -0.2) is 9.07 Å². The van der Waals surface area contributed by atoms with Gasteiger partial charge in [-0.2, -0.15) is 5.26 Å². The Balaban J connectivity index is 1.41. The van der Waals surface area contributed by atoms with E-state index in [1.165, 1.54) is 25.0 Å². The van der Waals surface area contributed by atoms with E-state index in [2.05, 4.69) is 38.9 Å². The fraction of sp³-hybridized carbons (Fsp3) is 0.379. The number of anilines is 2. The summed E-state index contributed by atoms with van der Waals surface area (Å²) in [5, 5.41) is 27.2. The van der Waals surface area contributed by atoms with Gasteiger partial charge in [0, 0.05) is 23.3 Å². The van der Waals surface area contributed by atoms with E-state index in [0.717, 1.165) is 53.7 Å². The average Bonchev–Trinajstić information content (AvgIpc) is 3.66. The second-order valence-electron chi connectivity index (χ2n) is 10.5. The van der Waals surface area contributed by atoms with Crippen LogP contribution in [0.1, 0.15) is 74.4 Å². The van der Waals surface area contributed by atoms with Crippen molar-refractivity contribution in [2.45, 2.75) is 63.6 Å². The lowest BCUT2D eigenvalue weighted by atomic mass is 9.85. The molecule has 0 amide bonds. The monoisotopic (exact) mass is 529 g/mol. The Kier molecular flexibility index (Phi) is 6.62. The van der Waals surface area contributed by atoms with Gasteiger partial charge in [0.25, 0.3) is 0 Å². The Labute approximate surface area is 226 Å². The van der Waals surface area contributed by atoms with Gasteiger partial charge in [0.1, 0.15) is 17.6 Å². The van der Waals surface area contributed by atoms with Gasteiger partial charge in [0.15, 0.2) is 0 Å². The first-order valence-corrected chi connectivity index (χ1v) is 13.6. The summed E-state index contributed by atoms with van der Waals surface area (Å²) in [5.41, 5.74) is 4.22. The molecule has 2 N–H and O–H groups in total.